The third kappa shape index (κ3) is 4.62. The van der Waals surface area contributed by atoms with Crippen LogP contribution in [0.2, 0.25) is 0 Å². The maximum Gasteiger partial charge on any atom is 0.343 e. The Kier molecular flexibility index (Phi) is 6.80. The van der Waals surface area contributed by atoms with Crippen LogP contribution in [0.25, 0.3) is 0 Å². The highest BCUT2D eigenvalue weighted by molar-refractivity contribution is 5.98. The van der Waals surface area contributed by atoms with Crippen LogP contribution in [0.5, 0.6) is 5.75 Å². The fourth-order valence-electron chi connectivity index (χ4n) is 5.44. The molecular weight excluding hydrogens is 462 g/mol. The number of fused-ring (bicyclic) bond motifs is 1. The first-order valence-electron chi connectivity index (χ1n) is 12.7. The highest BCUT2D eigenvalue weighted by Gasteiger charge is 2.29. The number of hydrogen-bond donors (Lipinski definition) is 0. The maximum atomic E-state index is 13.3. The molecule has 0 N–H and O–H groups in total. The van der Waals surface area contributed by atoms with Gasteiger partial charge < -0.3 is 23.8 Å². The van der Waals surface area contributed by atoms with Crippen LogP contribution in [0, 0.1) is 0 Å². The van der Waals surface area contributed by atoms with Crippen LogP contribution in [0.1, 0.15) is 64.9 Å². The molecule has 9 nitrogen and oxygen atoms in total. The van der Waals surface area contributed by atoms with Crippen LogP contribution >= 0.6 is 0 Å². The second-order valence-electron chi connectivity index (χ2n) is 9.57. The molecule has 1 aliphatic carbocycles. The monoisotopic (exact) mass is 493 g/mol. The number of esters is 1. The van der Waals surface area contributed by atoms with Crippen LogP contribution in [0.4, 0.5) is 5.69 Å². The van der Waals surface area contributed by atoms with Crippen LogP contribution < -0.4 is 15.2 Å². The Balaban J connectivity index is 1.37. The molecule has 0 atom stereocenters. The number of nitrogens with zero attached hydrogens (tertiary/aromatic N) is 3. The molecule has 2 aromatic rings. The Hall–Kier alpha value is -3.62. The molecule has 36 heavy (non-hydrogen) atoms. The van der Waals surface area contributed by atoms with Crippen molar-refractivity contribution in [2.75, 3.05) is 31.6 Å². The van der Waals surface area contributed by atoms with Crippen LogP contribution in [0.15, 0.2) is 35.1 Å². The first-order valence-corrected chi connectivity index (χ1v) is 12.7. The van der Waals surface area contributed by atoms with Crippen LogP contribution in [0.3, 0.4) is 0 Å². The number of ether oxygens (including phenoxy) is 2. The van der Waals surface area contributed by atoms with Gasteiger partial charge in [0, 0.05) is 62.0 Å². The van der Waals surface area contributed by atoms with Gasteiger partial charge in [-0.2, -0.15) is 0 Å². The Bertz CT molecular complexity index is 1230. The van der Waals surface area contributed by atoms with E-state index in [1.165, 1.54) is 13.2 Å². The Morgan fingerprint density at radius 3 is 2.33 bits per heavy atom. The van der Waals surface area contributed by atoms with Crippen molar-refractivity contribution in [1.29, 1.82) is 0 Å². The molecule has 1 saturated heterocycles. The number of methoxy groups -OCH3 is 1. The van der Waals surface area contributed by atoms with Gasteiger partial charge in [0.2, 0.25) is 5.91 Å². The molecule has 5 rings (SSSR count). The minimum atomic E-state index is -0.543. The molecule has 1 aromatic carbocycles. The average molecular weight is 494 g/mol. The number of hydrogen-bond acceptors (Lipinski definition) is 6. The molecule has 0 bridgehead atoms. The highest BCUT2D eigenvalue weighted by Crippen LogP contribution is 2.29. The minimum absolute atomic E-state index is 0.0152. The third-order valence-electron chi connectivity index (χ3n) is 7.37. The first-order chi connectivity index (χ1) is 17.5. The smallest absolute Gasteiger partial charge is 0.343 e. The predicted molar refractivity (Wildman–Crippen MR) is 133 cm³/mol. The van der Waals surface area contributed by atoms with Gasteiger partial charge in [0.05, 0.1) is 13.2 Å². The molecular formula is C27H31N3O6. The van der Waals surface area contributed by atoms with Gasteiger partial charge in [0.1, 0.15) is 11.3 Å². The van der Waals surface area contributed by atoms with Crippen molar-refractivity contribution in [2.24, 2.45) is 0 Å². The molecule has 190 valence electrons. The summed E-state index contributed by atoms with van der Waals surface area (Å²) in [4.78, 5) is 54.5. The zero-order valence-electron chi connectivity index (χ0n) is 20.5. The van der Waals surface area contributed by atoms with Gasteiger partial charge in [-0.3, -0.25) is 14.4 Å². The lowest BCUT2D eigenvalue weighted by Gasteiger charge is -2.21. The summed E-state index contributed by atoms with van der Waals surface area (Å²) in [7, 11) is 1.32. The molecule has 2 aliphatic heterocycles. The molecule has 3 heterocycles. The van der Waals surface area contributed by atoms with E-state index in [9.17, 15) is 19.2 Å². The molecule has 1 aromatic heterocycles. The van der Waals surface area contributed by atoms with Crippen molar-refractivity contribution in [1.82, 2.24) is 9.47 Å². The molecule has 0 spiro atoms. The largest absolute Gasteiger partial charge is 0.489 e. The number of aromatic nitrogens is 1. The number of anilines is 1. The molecule has 0 unspecified atom stereocenters. The normalized spacial score (nSPS) is 18.2. The van der Waals surface area contributed by atoms with Gasteiger partial charge in [-0.15, -0.1) is 0 Å². The Morgan fingerprint density at radius 2 is 1.67 bits per heavy atom. The van der Waals surface area contributed by atoms with E-state index in [2.05, 4.69) is 0 Å². The zero-order chi connectivity index (χ0) is 25.2. The van der Waals surface area contributed by atoms with Gasteiger partial charge in [0.15, 0.2) is 0 Å². The second-order valence-corrected chi connectivity index (χ2v) is 9.57. The summed E-state index contributed by atoms with van der Waals surface area (Å²) in [5.41, 5.74) is 1.88. The van der Waals surface area contributed by atoms with E-state index < -0.39 is 5.97 Å². The fraction of sp³-hybridized carbons (Fsp3) is 0.481. The van der Waals surface area contributed by atoms with Gasteiger partial charge in [0.25, 0.3) is 11.5 Å². The Morgan fingerprint density at radius 1 is 0.917 bits per heavy atom. The quantitative estimate of drug-likeness (QED) is 0.594. The highest BCUT2D eigenvalue weighted by atomic mass is 16.5. The van der Waals surface area contributed by atoms with E-state index >= 15 is 0 Å². The van der Waals surface area contributed by atoms with E-state index in [4.69, 9.17) is 9.47 Å². The summed E-state index contributed by atoms with van der Waals surface area (Å²) in [5, 5.41) is 0. The van der Waals surface area contributed by atoms with Gasteiger partial charge >= 0.3 is 5.97 Å². The molecule has 3 aliphatic rings. The van der Waals surface area contributed by atoms with Crippen molar-refractivity contribution in [3.8, 4) is 5.75 Å². The number of rotatable bonds is 5. The SMILES string of the molecule is COC(=O)c1c(OC2CCCC2)cc(=O)n2c1CCN(C(=O)c1ccc(N3CCCC3=O)cc1)CC2. The number of pyridine rings is 1. The Labute approximate surface area is 209 Å². The van der Waals surface area contributed by atoms with Gasteiger partial charge in [-0.05, 0) is 56.4 Å². The summed E-state index contributed by atoms with van der Waals surface area (Å²) in [6, 6.07) is 8.46. The lowest BCUT2D eigenvalue weighted by Crippen LogP contribution is -2.34. The second kappa shape index (κ2) is 10.2. The lowest BCUT2D eigenvalue weighted by molar-refractivity contribution is -0.117. The standard InChI is InChI=1S/C27H31N3O6/c1-35-27(34)25-21-12-14-28(15-16-30(21)24(32)17-22(25)36-20-5-2-3-6-20)26(33)18-8-10-19(11-9-18)29-13-4-7-23(29)31/h8-11,17,20H,2-7,12-16H2,1H3. The molecule has 0 radical (unpaired) electrons. The number of carbonyl (C=O) groups is 3. The average Bonchev–Trinajstić information content (AvgIpc) is 3.50. The summed E-state index contributed by atoms with van der Waals surface area (Å²) in [5.74, 6) is -0.324. The number of benzene rings is 1. The zero-order valence-corrected chi connectivity index (χ0v) is 20.5. The van der Waals surface area contributed by atoms with Crippen molar-refractivity contribution >= 4 is 23.5 Å². The fourth-order valence-corrected chi connectivity index (χ4v) is 5.44. The topological polar surface area (TPSA) is 98.2 Å². The summed E-state index contributed by atoms with van der Waals surface area (Å²) in [6.07, 6.45) is 5.62. The third-order valence-corrected chi connectivity index (χ3v) is 7.37. The summed E-state index contributed by atoms with van der Waals surface area (Å²) < 4.78 is 12.7. The van der Waals surface area contributed by atoms with E-state index in [0.717, 1.165) is 37.8 Å². The van der Waals surface area contributed by atoms with E-state index in [0.29, 0.717) is 43.7 Å². The predicted octanol–water partition coefficient (Wildman–Crippen LogP) is 2.78. The minimum Gasteiger partial charge on any atom is -0.489 e. The molecule has 2 amide bonds. The summed E-state index contributed by atoms with van der Waals surface area (Å²) >= 11 is 0. The van der Waals surface area contributed by atoms with Gasteiger partial charge in [-0.1, -0.05) is 0 Å². The number of amides is 2. The van der Waals surface area contributed by atoms with E-state index in [-0.39, 0.29) is 41.3 Å². The van der Waals surface area contributed by atoms with Crippen molar-refractivity contribution < 1.29 is 23.9 Å². The molecule has 2 fully saturated rings. The van der Waals surface area contributed by atoms with Crippen molar-refractivity contribution in [3.05, 3.63) is 57.5 Å². The molecule has 9 heteroatoms. The van der Waals surface area contributed by atoms with E-state index in [1.807, 2.05) is 0 Å². The lowest BCUT2D eigenvalue weighted by atomic mass is 10.1. The van der Waals surface area contributed by atoms with Crippen LogP contribution in [-0.4, -0.2) is 60.1 Å². The van der Waals surface area contributed by atoms with E-state index in [1.54, 1.807) is 38.6 Å². The van der Waals surface area contributed by atoms with Crippen molar-refractivity contribution in [2.45, 2.75) is 57.6 Å². The molecule has 1 saturated carbocycles. The summed E-state index contributed by atoms with van der Waals surface area (Å²) in [6.45, 7) is 1.65. The van der Waals surface area contributed by atoms with Crippen molar-refractivity contribution in [3.63, 3.8) is 0 Å². The maximum absolute atomic E-state index is 13.3. The van der Waals surface area contributed by atoms with Gasteiger partial charge in [-0.25, -0.2) is 4.79 Å². The number of carbonyl (C=O) groups excluding carboxylic acids is 3. The first kappa shape index (κ1) is 24.1. The van der Waals surface area contributed by atoms with Crippen LogP contribution in [-0.2, 0) is 22.5 Å².